The highest BCUT2D eigenvalue weighted by molar-refractivity contribution is 5.86. The van der Waals surface area contributed by atoms with E-state index in [2.05, 4.69) is 45.4 Å². The van der Waals surface area contributed by atoms with Crippen LogP contribution in [0.4, 0.5) is 10.2 Å². The number of nitrogens with zero attached hydrogens (tertiary/aromatic N) is 6. The average molecular weight is 581 g/mol. The Labute approximate surface area is 251 Å². The predicted octanol–water partition coefficient (Wildman–Crippen LogP) is 4.78. The lowest BCUT2D eigenvalue weighted by molar-refractivity contribution is -0.117. The Kier molecular flexibility index (Phi) is 8.25. The second-order valence-electron chi connectivity index (χ2n) is 11.9. The second kappa shape index (κ2) is 12.4. The van der Waals surface area contributed by atoms with Crippen LogP contribution < -0.4 is 11.1 Å². The molecule has 3 N–H and O–H groups in total. The number of nitriles is 1. The molecule has 3 fully saturated rings. The molecule has 222 valence electrons. The van der Waals surface area contributed by atoms with Crippen LogP contribution in [0.15, 0.2) is 54.7 Å². The molecule has 1 amide bonds. The monoisotopic (exact) mass is 580 g/mol. The third kappa shape index (κ3) is 6.18. The van der Waals surface area contributed by atoms with Crippen LogP contribution in [0.2, 0.25) is 0 Å². The summed E-state index contributed by atoms with van der Waals surface area (Å²) in [4.78, 5) is 24.1. The van der Waals surface area contributed by atoms with Gasteiger partial charge >= 0.3 is 0 Å². The first-order valence-electron chi connectivity index (χ1n) is 15.0. The van der Waals surface area contributed by atoms with Crippen molar-refractivity contribution in [1.82, 2.24) is 29.7 Å². The van der Waals surface area contributed by atoms with Gasteiger partial charge < -0.3 is 20.9 Å². The highest BCUT2D eigenvalue weighted by atomic mass is 19.1. The van der Waals surface area contributed by atoms with Gasteiger partial charge in [-0.25, -0.2) is 14.4 Å². The van der Waals surface area contributed by atoms with E-state index in [0.717, 1.165) is 81.5 Å². The van der Waals surface area contributed by atoms with E-state index in [4.69, 9.17) is 11.0 Å². The van der Waals surface area contributed by atoms with Gasteiger partial charge in [0.15, 0.2) is 12.0 Å². The topological polar surface area (TPSA) is 116 Å². The Morgan fingerprint density at radius 3 is 2.44 bits per heavy atom. The molecule has 43 heavy (non-hydrogen) atoms. The highest BCUT2D eigenvalue weighted by Crippen LogP contribution is 2.42. The number of aromatic nitrogens is 3. The smallest absolute Gasteiger partial charge is 0.209 e. The van der Waals surface area contributed by atoms with Gasteiger partial charge in [0.1, 0.15) is 17.2 Å². The summed E-state index contributed by atoms with van der Waals surface area (Å²) in [6, 6.07) is 16.1. The first-order chi connectivity index (χ1) is 20.9. The van der Waals surface area contributed by atoms with E-state index in [1.54, 1.807) is 12.3 Å². The van der Waals surface area contributed by atoms with Gasteiger partial charge in [-0.3, -0.25) is 9.36 Å². The number of amides is 1. The van der Waals surface area contributed by atoms with Crippen molar-refractivity contribution in [1.29, 1.82) is 5.26 Å². The summed E-state index contributed by atoms with van der Waals surface area (Å²) < 4.78 is 17.1. The molecule has 7 rings (SSSR count). The van der Waals surface area contributed by atoms with E-state index < -0.39 is 0 Å². The number of fused-ring (bicyclic) bond motifs is 1. The number of anilines is 1. The van der Waals surface area contributed by atoms with E-state index in [1.807, 2.05) is 39.9 Å². The van der Waals surface area contributed by atoms with Crippen LogP contribution >= 0.6 is 0 Å². The molecular formula is C33H37FN8O. The van der Waals surface area contributed by atoms with Crippen molar-refractivity contribution in [2.24, 2.45) is 0 Å². The van der Waals surface area contributed by atoms with E-state index >= 15 is 4.39 Å². The number of hydrogen-bond acceptors (Lipinski definition) is 7. The van der Waals surface area contributed by atoms with E-state index in [-0.39, 0.29) is 5.82 Å². The summed E-state index contributed by atoms with van der Waals surface area (Å²) in [7, 11) is 2.11. The number of pyridine rings is 1. The molecule has 9 nitrogen and oxygen atoms in total. The summed E-state index contributed by atoms with van der Waals surface area (Å²) >= 11 is 0. The fourth-order valence-corrected chi connectivity index (χ4v) is 6.15. The number of nitrogen functional groups attached to an aromatic ring is 1. The van der Waals surface area contributed by atoms with Crippen molar-refractivity contribution in [3.63, 3.8) is 0 Å². The largest absolute Gasteiger partial charge is 0.383 e. The van der Waals surface area contributed by atoms with Crippen molar-refractivity contribution in [2.75, 3.05) is 39.0 Å². The molecule has 1 saturated carbocycles. The van der Waals surface area contributed by atoms with Gasteiger partial charge in [0.25, 0.3) is 0 Å². The number of nitrogens with two attached hydrogens (primary N) is 1. The summed E-state index contributed by atoms with van der Waals surface area (Å²) in [5, 5.41) is 11.1. The number of piperidine rings is 1. The Morgan fingerprint density at radius 2 is 1.79 bits per heavy atom. The summed E-state index contributed by atoms with van der Waals surface area (Å²) in [6.07, 6.45) is 9.88. The molecule has 4 aromatic rings. The van der Waals surface area contributed by atoms with Gasteiger partial charge in [-0.2, -0.15) is 5.26 Å². The van der Waals surface area contributed by atoms with Crippen molar-refractivity contribution < 1.29 is 9.18 Å². The molecule has 0 bridgehead atoms. The molecule has 2 aromatic heterocycles. The third-order valence-corrected chi connectivity index (χ3v) is 8.84. The minimum absolute atomic E-state index is 0.312. The molecule has 2 aliphatic heterocycles. The first kappa shape index (κ1) is 28.6. The number of nitrogens with one attached hydrogen (secondary N) is 1. The number of hydrogen-bond donors (Lipinski definition) is 2. The number of rotatable bonds is 6. The Hall–Kier alpha value is -4.49. The maximum absolute atomic E-state index is 15.1. The minimum Gasteiger partial charge on any atom is -0.383 e. The van der Waals surface area contributed by atoms with Crippen molar-refractivity contribution >= 4 is 23.3 Å². The van der Waals surface area contributed by atoms with Crippen LogP contribution in [0, 0.1) is 17.3 Å². The zero-order valence-electron chi connectivity index (χ0n) is 24.4. The van der Waals surface area contributed by atoms with Crippen LogP contribution in [0.1, 0.15) is 55.1 Å². The number of benzene rings is 2. The Bertz CT molecular complexity index is 1630. The molecule has 3 aliphatic rings. The summed E-state index contributed by atoms with van der Waals surface area (Å²) in [6.45, 7) is 3.75. The van der Waals surface area contributed by atoms with Crippen molar-refractivity contribution in [3.05, 3.63) is 71.7 Å². The first-order valence-corrected chi connectivity index (χ1v) is 15.0. The lowest BCUT2D eigenvalue weighted by Gasteiger charge is -2.27. The predicted molar refractivity (Wildman–Crippen MR) is 165 cm³/mol. The fourth-order valence-electron chi connectivity index (χ4n) is 6.15. The fraction of sp³-hybridized carbons (Fsp3) is 0.394. The van der Waals surface area contributed by atoms with Crippen molar-refractivity contribution in [2.45, 2.75) is 50.0 Å². The van der Waals surface area contributed by atoms with Crippen LogP contribution in [0.25, 0.3) is 28.1 Å². The van der Waals surface area contributed by atoms with Gasteiger partial charge in [0, 0.05) is 36.9 Å². The zero-order valence-corrected chi connectivity index (χ0v) is 24.4. The standard InChI is InChI=1S/C26H24FN5O.C7H13N3/c27-22-12-19(17-3-4-17)13-23-24(22)30-26(21-2-1-10-29-25(21)28)32(23)20-7-5-16(6-8-20)18-9-11-31(14-18)15-33;1-10-4-2-7(3-5-10)9-6-8/h1-2,5-8,10,12-13,15,17-18H,3-4,9,11,14H2,(H2,28,29);7,9H,2-5H2,1H3. The Morgan fingerprint density at radius 1 is 1.02 bits per heavy atom. The van der Waals surface area contributed by atoms with Crippen LogP contribution in [0.5, 0.6) is 0 Å². The summed E-state index contributed by atoms with van der Waals surface area (Å²) in [5.41, 5.74) is 11.0. The molecule has 10 heteroatoms. The van der Waals surface area contributed by atoms with Gasteiger partial charge in [-0.05, 0) is 106 Å². The van der Waals surface area contributed by atoms with Gasteiger partial charge in [-0.15, -0.1) is 0 Å². The maximum atomic E-state index is 15.1. The summed E-state index contributed by atoms with van der Waals surface area (Å²) in [5.74, 6) is 1.37. The number of likely N-dealkylation sites (tertiary alicyclic amines) is 2. The Balaban J connectivity index is 0.000000281. The SMILES string of the molecule is CN1CCC(NC#N)CC1.Nc1ncccc1-c1nc2c(F)cc(C3CC3)cc2n1-c1ccc(C2CCN(C=O)C2)cc1. The number of imidazole rings is 1. The van der Waals surface area contributed by atoms with Crippen LogP contribution in [-0.4, -0.2) is 70.0 Å². The van der Waals surface area contributed by atoms with E-state index in [1.165, 1.54) is 5.56 Å². The number of halogens is 1. The minimum atomic E-state index is -0.312. The molecule has 1 atom stereocenters. The molecule has 1 unspecified atom stereocenters. The normalized spacial score (nSPS) is 19.1. The van der Waals surface area contributed by atoms with Gasteiger partial charge in [0.05, 0.1) is 11.1 Å². The number of carbonyl (C=O) groups is 1. The number of carbonyl (C=O) groups excluding carboxylic acids is 1. The maximum Gasteiger partial charge on any atom is 0.209 e. The molecule has 2 aromatic carbocycles. The molecule has 2 saturated heterocycles. The van der Waals surface area contributed by atoms with Gasteiger partial charge in [0.2, 0.25) is 6.41 Å². The van der Waals surface area contributed by atoms with Crippen molar-refractivity contribution in [3.8, 4) is 23.3 Å². The average Bonchev–Trinajstić information content (AvgIpc) is 3.64. The molecule has 4 heterocycles. The van der Waals surface area contributed by atoms with Crippen LogP contribution in [0.3, 0.4) is 0 Å². The highest BCUT2D eigenvalue weighted by Gasteiger charge is 2.28. The zero-order chi connectivity index (χ0) is 29.9. The molecule has 0 radical (unpaired) electrons. The molecular weight excluding hydrogens is 543 g/mol. The quantitative estimate of drug-likeness (QED) is 0.192. The van der Waals surface area contributed by atoms with Gasteiger partial charge in [-0.1, -0.05) is 12.1 Å². The lowest BCUT2D eigenvalue weighted by Crippen LogP contribution is -2.38. The lowest BCUT2D eigenvalue weighted by atomic mass is 9.98. The third-order valence-electron chi connectivity index (χ3n) is 8.84. The molecule has 0 spiro atoms. The van der Waals surface area contributed by atoms with E-state index in [9.17, 15) is 4.79 Å². The second-order valence-corrected chi connectivity index (χ2v) is 11.9. The van der Waals surface area contributed by atoms with E-state index in [0.29, 0.717) is 40.6 Å². The van der Waals surface area contributed by atoms with Crippen LogP contribution in [-0.2, 0) is 4.79 Å². The molecule has 1 aliphatic carbocycles.